The first-order valence-electron chi connectivity index (χ1n) is 9.64. The average molecular weight is 377 g/mol. The van der Waals surface area contributed by atoms with Crippen LogP contribution in [0.3, 0.4) is 0 Å². The average Bonchev–Trinajstić information content (AvgIpc) is 2.98. The first kappa shape index (κ1) is 19.1. The van der Waals surface area contributed by atoms with E-state index in [0.29, 0.717) is 24.0 Å². The molecule has 142 valence electrons. The molecular weight excluding hydrogens is 348 g/mol. The molecule has 0 aromatic heterocycles. The molecule has 1 saturated carbocycles. The Bertz CT molecular complexity index is 727. The van der Waals surface area contributed by atoms with Gasteiger partial charge in [0.2, 0.25) is 15.9 Å². The summed E-state index contributed by atoms with van der Waals surface area (Å²) in [4.78, 5) is 12.3. The lowest BCUT2D eigenvalue weighted by Gasteiger charge is -2.19. The molecule has 2 aliphatic rings. The first-order valence-corrected chi connectivity index (χ1v) is 11.1. The number of carbonyl (C=O) groups is 1. The SMILES string of the molecule is O=C(/C=C/c1ccc(S(=O)(=O)N2CCCCCC2)cc1)NC1CCCC1. The van der Waals surface area contributed by atoms with Gasteiger partial charge in [0.05, 0.1) is 4.90 Å². The minimum absolute atomic E-state index is 0.0850. The Hall–Kier alpha value is -1.66. The van der Waals surface area contributed by atoms with Crippen LogP contribution in [0.4, 0.5) is 0 Å². The van der Waals surface area contributed by atoms with Crippen molar-refractivity contribution in [1.29, 1.82) is 0 Å². The topological polar surface area (TPSA) is 66.5 Å². The number of nitrogens with one attached hydrogen (secondary N) is 1. The van der Waals surface area contributed by atoms with E-state index in [1.807, 2.05) is 0 Å². The lowest BCUT2D eigenvalue weighted by atomic mass is 10.2. The summed E-state index contributed by atoms with van der Waals surface area (Å²) in [6.07, 6.45) is 11.8. The minimum atomic E-state index is -3.42. The lowest BCUT2D eigenvalue weighted by molar-refractivity contribution is -0.117. The second kappa shape index (κ2) is 8.82. The summed E-state index contributed by atoms with van der Waals surface area (Å²) in [5.74, 6) is -0.0850. The number of carbonyl (C=O) groups excluding carboxylic acids is 1. The highest BCUT2D eigenvalue weighted by Gasteiger charge is 2.24. The molecule has 0 spiro atoms. The molecule has 1 N–H and O–H groups in total. The maximum atomic E-state index is 12.8. The number of benzene rings is 1. The zero-order valence-corrected chi connectivity index (χ0v) is 16.0. The summed E-state index contributed by atoms with van der Waals surface area (Å²) in [5, 5.41) is 3.01. The van der Waals surface area contributed by atoms with Crippen LogP contribution < -0.4 is 5.32 Å². The van der Waals surface area contributed by atoms with Crippen LogP contribution in [0.1, 0.15) is 56.9 Å². The van der Waals surface area contributed by atoms with Crippen molar-refractivity contribution < 1.29 is 13.2 Å². The highest BCUT2D eigenvalue weighted by atomic mass is 32.2. The summed E-state index contributed by atoms with van der Waals surface area (Å²) in [5.41, 5.74) is 0.821. The van der Waals surface area contributed by atoms with E-state index in [4.69, 9.17) is 0 Å². The monoisotopic (exact) mass is 376 g/mol. The summed E-state index contributed by atoms with van der Waals surface area (Å²) in [6.45, 7) is 1.21. The Morgan fingerprint density at radius 1 is 0.962 bits per heavy atom. The summed E-state index contributed by atoms with van der Waals surface area (Å²) in [7, 11) is -3.42. The van der Waals surface area contributed by atoms with Crippen LogP contribution in [0.2, 0.25) is 0 Å². The van der Waals surface area contributed by atoms with Crippen LogP contribution in [0, 0.1) is 0 Å². The third-order valence-electron chi connectivity index (χ3n) is 5.21. The van der Waals surface area contributed by atoms with Gasteiger partial charge in [0.15, 0.2) is 0 Å². The van der Waals surface area contributed by atoms with Gasteiger partial charge >= 0.3 is 0 Å². The van der Waals surface area contributed by atoms with E-state index in [0.717, 1.165) is 44.1 Å². The molecule has 2 fully saturated rings. The lowest BCUT2D eigenvalue weighted by Crippen LogP contribution is -2.31. The van der Waals surface area contributed by atoms with Gasteiger partial charge in [-0.25, -0.2) is 8.42 Å². The van der Waals surface area contributed by atoms with Crippen LogP contribution in [0.5, 0.6) is 0 Å². The van der Waals surface area contributed by atoms with E-state index in [9.17, 15) is 13.2 Å². The zero-order chi connectivity index (χ0) is 18.4. The fraction of sp³-hybridized carbons (Fsp3) is 0.550. The Labute approximate surface area is 156 Å². The molecule has 0 radical (unpaired) electrons. The van der Waals surface area contributed by atoms with Gasteiger partial charge in [0.25, 0.3) is 0 Å². The third kappa shape index (κ3) is 4.95. The van der Waals surface area contributed by atoms with Crippen molar-refractivity contribution in [2.24, 2.45) is 0 Å². The molecule has 1 amide bonds. The number of hydrogen-bond donors (Lipinski definition) is 1. The number of hydrogen-bond acceptors (Lipinski definition) is 3. The molecule has 1 aromatic rings. The predicted molar refractivity (Wildman–Crippen MR) is 103 cm³/mol. The Morgan fingerprint density at radius 3 is 2.19 bits per heavy atom. The smallest absolute Gasteiger partial charge is 0.244 e. The van der Waals surface area contributed by atoms with Gasteiger partial charge in [-0.2, -0.15) is 4.31 Å². The fourth-order valence-corrected chi connectivity index (χ4v) is 5.19. The van der Waals surface area contributed by atoms with Gasteiger partial charge in [0.1, 0.15) is 0 Å². The van der Waals surface area contributed by atoms with Gasteiger partial charge in [-0.05, 0) is 49.5 Å². The van der Waals surface area contributed by atoms with Crippen molar-refractivity contribution in [3.05, 3.63) is 35.9 Å². The van der Waals surface area contributed by atoms with E-state index >= 15 is 0 Å². The molecule has 1 aromatic carbocycles. The van der Waals surface area contributed by atoms with Crippen molar-refractivity contribution >= 4 is 22.0 Å². The van der Waals surface area contributed by atoms with E-state index in [1.165, 1.54) is 18.9 Å². The molecule has 1 aliphatic heterocycles. The van der Waals surface area contributed by atoms with E-state index in [2.05, 4.69) is 5.32 Å². The van der Waals surface area contributed by atoms with Gasteiger partial charge in [-0.1, -0.05) is 37.8 Å². The highest BCUT2D eigenvalue weighted by molar-refractivity contribution is 7.89. The van der Waals surface area contributed by atoms with Crippen LogP contribution in [0.15, 0.2) is 35.2 Å². The molecule has 1 saturated heterocycles. The summed E-state index contributed by atoms with van der Waals surface area (Å²) in [6, 6.07) is 7.07. The molecule has 1 heterocycles. The number of nitrogens with zero attached hydrogens (tertiary/aromatic N) is 1. The summed E-state index contributed by atoms with van der Waals surface area (Å²) >= 11 is 0. The number of sulfonamides is 1. The predicted octanol–water partition coefficient (Wildman–Crippen LogP) is 3.32. The standard InChI is InChI=1S/C20H28N2O3S/c23-20(21-18-7-3-4-8-18)14-11-17-9-12-19(13-10-17)26(24,25)22-15-5-1-2-6-16-22/h9-14,18H,1-8,15-16H2,(H,21,23)/b14-11+. The molecule has 1 aliphatic carbocycles. The second-order valence-corrected chi connectivity index (χ2v) is 9.15. The van der Waals surface area contributed by atoms with Crippen molar-refractivity contribution in [3.63, 3.8) is 0 Å². The maximum Gasteiger partial charge on any atom is 0.244 e. The van der Waals surface area contributed by atoms with Gasteiger partial charge in [0, 0.05) is 25.2 Å². The molecule has 3 rings (SSSR count). The molecule has 0 unspecified atom stereocenters. The fourth-order valence-electron chi connectivity index (χ4n) is 3.67. The summed E-state index contributed by atoms with van der Waals surface area (Å²) < 4.78 is 27.1. The third-order valence-corrected chi connectivity index (χ3v) is 7.12. The quantitative estimate of drug-likeness (QED) is 0.802. The van der Waals surface area contributed by atoms with E-state index < -0.39 is 10.0 Å². The van der Waals surface area contributed by atoms with E-state index in [1.54, 1.807) is 34.6 Å². The van der Waals surface area contributed by atoms with Gasteiger partial charge < -0.3 is 5.32 Å². The zero-order valence-electron chi connectivity index (χ0n) is 15.2. The molecule has 26 heavy (non-hydrogen) atoms. The molecule has 6 heteroatoms. The number of rotatable bonds is 5. The van der Waals surface area contributed by atoms with Crippen LogP contribution in [-0.4, -0.2) is 37.8 Å². The molecule has 0 atom stereocenters. The van der Waals surface area contributed by atoms with E-state index in [-0.39, 0.29) is 5.91 Å². The largest absolute Gasteiger partial charge is 0.350 e. The molecule has 0 bridgehead atoms. The van der Waals surface area contributed by atoms with Crippen LogP contribution in [-0.2, 0) is 14.8 Å². The maximum absolute atomic E-state index is 12.8. The van der Waals surface area contributed by atoms with Crippen molar-refractivity contribution in [2.75, 3.05) is 13.1 Å². The molecule has 5 nitrogen and oxygen atoms in total. The molecular formula is C20H28N2O3S. The normalized spacial score (nSPS) is 20.3. The minimum Gasteiger partial charge on any atom is -0.350 e. The van der Waals surface area contributed by atoms with Crippen molar-refractivity contribution in [3.8, 4) is 0 Å². The first-order chi connectivity index (χ1) is 12.6. The van der Waals surface area contributed by atoms with Crippen molar-refractivity contribution in [1.82, 2.24) is 9.62 Å². The Balaban J connectivity index is 1.62. The second-order valence-electron chi connectivity index (χ2n) is 7.21. The van der Waals surface area contributed by atoms with Crippen LogP contribution in [0.25, 0.3) is 6.08 Å². The Morgan fingerprint density at radius 2 is 1.58 bits per heavy atom. The highest BCUT2D eigenvalue weighted by Crippen LogP contribution is 2.21. The van der Waals surface area contributed by atoms with Gasteiger partial charge in [-0.3, -0.25) is 4.79 Å². The Kier molecular flexibility index (Phi) is 6.48. The van der Waals surface area contributed by atoms with Crippen LogP contribution >= 0.6 is 0 Å². The number of amides is 1. The van der Waals surface area contributed by atoms with Crippen molar-refractivity contribution in [2.45, 2.75) is 62.3 Å². The van der Waals surface area contributed by atoms with Gasteiger partial charge in [-0.15, -0.1) is 0 Å².